The van der Waals surface area contributed by atoms with Gasteiger partial charge in [-0.15, -0.1) is 0 Å². The Balaban J connectivity index is 0.00000154. The molecule has 0 unspecified atom stereocenters. The maximum Gasteiger partial charge on any atom is 0.292 e. The lowest BCUT2D eigenvalue weighted by molar-refractivity contribution is -0.123. The van der Waals surface area contributed by atoms with Crippen LogP contribution in [0.2, 0.25) is 0 Å². The summed E-state index contributed by atoms with van der Waals surface area (Å²) in [5, 5.41) is 21.1. The molecule has 0 saturated carbocycles. The van der Waals surface area contributed by atoms with Gasteiger partial charge < -0.3 is 34.6 Å². The minimum Gasteiger partial charge on any atom is -0.493 e. The quantitative estimate of drug-likeness (QED) is 0.280. The number of amides is 3. The second kappa shape index (κ2) is 15.8. The molecule has 2 aromatic heterocycles. The summed E-state index contributed by atoms with van der Waals surface area (Å²) in [5.74, 6) is 0.488. The van der Waals surface area contributed by atoms with E-state index in [0.717, 1.165) is 5.56 Å². The topological polar surface area (TPSA) is 191 Å². The molecule has 3 N–H and O–H groups in total. The SMILES string of the molecule is COc1ccc2cc1OCCn1nc(-c3ccccc3)nc1[C@@H](C(C)C)NC(=O)CN(C(=O)c1ccno1)CCNC2=O.O=CO. The molecule has 0 saturated heterocycles. The summed E-state index contributed by atoms with van der Waals surface area (Å²) in [5.41, 5.74) is 1.17. The Morgan fingerprint density at radius 2 is 1.87 bits per heavy atom. The number of methoxy groups -OCH3 is 1. The van der Waals surface area contributed by atoms with Crippen LogP contribution in [0.15, 0.2) is 65.3 Å². The first-order chi connectivity index (χ1) is 22.2. The van der Waals surface area contributed by atoms with E-state index in [4.69, 9.17) is 34.0 Å². The van der Waals surface area contributed by atoms with Crippen molar-refractivity contribution in [3.8, 4) is 22.9 Å². The third kappa shape index (κ3) is 8.25. The molecular formula is C31H35N7O8. The van der Waals surface area contributed by atoms with Crippen molar-refractivity contribution in [1.29, 1.82) is 0 Å². The van der Waals surface area contributed by atoms with Crippen LogP contribution in [0, 0.1) is 5.92 Å². The van der Waals surface area contributed by atoms with Crippen LogP contribution in [-0.2, 0) is 16.1 Å². The van der Waals surface area contributed by atoms with Crippen LogP contribution in [0.3, 0.4) is 0 Å². The molecule has 1 aliphatic heterocycles. The molecular weight excluding hydrogens is 598 g/mol. The van der Waals surface area contributed by atoms with Crippen LogP contribution in [0.25, 0.3) is 11.4 Å². The molecule has 4 aromatic rings. The lowest BCUT2D eigenvalue weighted by Crippen LogP contribution is -2.45. The number of carbonyl (C=O) groups is 4. The number of rotatable bonds is 4. The van der Waals surface area contributed by atoms with Gasteiger partial charge in [-0.1, -0.05) is 49.3 Å². The van der Waals surface area contributed by atoms with Gasteiger partial charge in [0.15, 0.2) is 23.1 Å². The molecule has 0 fully saturated rings. The Morgan fingerprint density at radius 3 is 2.54 bits per heavy atom. The van der Waals surface area contributed by atoms with Gasteiger partial charge in [-0.05, 0) is 24.1 Å². The monoisotopic (exact) mass is 633 g/mol. The Kier molecular flexibility index (Phi) is 11.4. The fourth-order valence-electron chi connectivity index (χ4n) is 4.69. The van der Waals surface area contributed by atoms with Crippen molar-refractivity contribution < 1.29 is 38.3 Å². The fourth-order valence-corrected chi connectivity index (χ4v) is 4.69. The summed E-state index contributed by atoms with van der Waals surface area (Å²) in [6, 6.07) is 15.3. The van der Waals surface area contributed by atoms with Crippen LogP contribution in [0.4, 0.5) is 0 Å². The third-order valence-electron chi connectivity index (χ3n) is 6.92. The van der Waals surface area contributed by atoms with Gasteiger partial charge in [0.1, 0.15) is 13.2 Å². The predicted octanol–water partition coefficient (Wildman–Crippen LogP) is 2.42. The zero-order chi connectivity index (χ0) is 33.1. The van der Waals surface area contributed by atoms with E-state index in [9.17, 15) is 14.4 Å². The molecule has 3 amide bonds. The van der Waals surface area contributed by atoms with E-state index in [0.29, 0.717) is 35.3 Å². The van der Waals surface area contributed by atoms with Crippen molar-refractivity contribution in [3.63, 3.8) is 0 Å². The number of fused-ring (bicyclic) bond motifs is 3. The average Bonchev–Trinajstić information content (AvgIpc) is 3.74. The van der Waals surface area contributed by atoms with Gasteiger partial charge in [0.2, 0.25) is 11.7 Å². The molecule has 2 aromatic carbocycles. The third-order valence-corrected chi connectivity index (χ3v) is 6.92. The number of aromatic nitrogens is 4. The largest absolute Gasteiger partial charge is 0.493 e. The maximum atomic E-state index is 13.4. The van der Waals surface area contributed by atoms with Crippen LogP contribution in [0.1, 0.15) is 46.6 Å². The minimum absolute atomic E-state index is 0.0189. The van der Waals surface area contributed by atoms with Crippen molar-refractivity contribution in [2.24, 2.45) is 5.92 Å². The Morgan fingerprint density at radius 1 is 1.11 bits per heavy atom. The highest BCUT2D eigenvalue weighted by atomic mass is 16.5. The fraction of sp³-hybridized carbons (Fsp3) is 0.323. The molecule has 15 nitrogen and oxygen atoms in total. The molecule has 0 aliphatic carbocycles. The Hall–Kier alpha value is -5.73. The number of ether oxygens (including phenoxy) is 2. The molecule has 15 heteroatoms. The highest BCUT2D eigenvalue weighted by molar-refractivity contribution is 5.95. The van der Waals surface area contributed by atoms with Gasteiger partial charge in [0.05, 0.1) is 25.9 Å². The van der Waals surface area contributed by atoms with Gasteiger partial charge in [0.25, 0.3) is 18.3 Å². The number of hydrogen-bond acceptors (Lipinski definition) is 10. The first kappa shape index (κ1) is 33.2. The van der Waals surface area contributed by atoms with Gasteiger partial charge in [0, 0.05) is 30.3 Å². The van der Waals surface area contributed by atoms with E-state index in [1.54, 1.807) is 22.9 Å². The van der Waals surface area contributed by atoms with Crippen LogP contribution < -0.4 is 20.1 Å². The van der Waals surface area contributed by atoms with Crippen LogP contribution >= 0.6 is 0 Å². The van der Waals surface area contributed by atoms with Crippen LogP contribution in [-0.4, -0.2) is 87.5 Å². The zero-order valence-corrected chi connectivity index (χ0v) is 25.6. The highest BCUT2D eigenvalue weighted by Gasteiger charge is 2.28. The van der Waals surface area contributed by atoms with Crippen LogP contribution in [0.5, 0.6) is 11.5 Å². The summed E-state index contributed by atoms with van der Waals surface area (Å²) in [4.78, 5) is 54.1. The second-order valence-electron chi connectivity index (χ2n) is 10.4. The molecule has 0 spiro atoms. The van der Waals surface area contributed by atoms with Crippen molar-refractivity contribution >= 4 is 24.2 Å². The van der Waals surface area contributed by atoms with E-state index in [-0.39, 0.29) is 50.3 Å². The maximum absolute atomic E-state index is 13.4. The van der Waals surface area contributed by atoms with E-state index in [1.165, 1.54) is 24.3 Å². The summed E-state index contributed by atoms with van der Waals surface area (Å²) in [6.45, 7) is 4.00. The van der Waals surface area contributed by atoms with E-state index < -0.39 is 17.9 Å². The van der Waals surface area contributed by atoms with Crippen molar-refractivity contribution in [3.05, 3.63) is 77.9 Å². The highest BCUT2D eigenvalue weighted by Crippen LogP contribution is 2.29. The number of carbonyl (C=O) groups excluding carboxylic acids is 3. The molecule has 2 bridgehead atoms. The lowest BCUT2D eigenvalue weighted by Gasteiger charge is -2.25. The van der Waals surface area contributed by atoms with Gasteiger partial charge in [-0.2, -0.15) is 5.10 Å². The first-order valence-electron chi connectivity index (χ1n) is 14.4. The number of nitrogens with one attached hydrogen (secondary N) is 2. The molecule has 46 heavy (non-hydrogen) atoms. The summed E-state index contributed by atoms with van der Waals surface area (Å²) < 4.78 is 18.3. The van der Waals surface area contributed by atoms with Gasteiger partial charge in [-0.25, -0.2) is 9.67 Å². The minimum atomic E-state index is -0.534. The van der Waals surface area contributed by atoms with E-state index in [1.807, 2.05) is 44.2 Å². The molecule has 5 rings (SSSR count). The second-order valence-corrected chi connectivity index (χ2v) is 10.4. The number of hydrogen-bond donors (Lipinski definition) is 3. The molecule has 242 valence electrons. The number of carboxylic acid groups (broad SMARTS) is 1. The normalized spacial score (nSPS) is 15.7. The Labute approximate surface area is 264 Å². The molecule has 1 atom stereocenters. The Bertz CT molecular complexity index is 1620. The number of benzene rings is 2. The first-order valence-corrected chi connectivity index (χ1v) is 14.4. The summed E-state index contributed by atoms with van der Waals surface area (Å²) in [6.07, 6.45) is 1.35. The zero-order valence-electron chi connectivity index (χ0n) is 25.6. The predicted molar refractivity (Wildman–Crippen MR) is 163 cm³/mol. The van der Waals surface area contributed by atoms with Gasteiger partial charge >= 0.3 is 0 Å². The average molecular weight is 634 g/mol. The van der Waals surface area contributed by atoms with Crippen molar-refractivity contribution in [2.75, 3.05) is 33.4 Å². The van der Waals surface area contributed by atoms with Gasteiger partial charge in [-0.3, -0.25) is 19.2 Å². The van der Waals surface area contributed by atoms with E-state index in [2.05, 4.69) is 15.8 Å². The van der Waals surface area contributed by atoms with E-state index >= 15 is 0 Å². The van der Waals surface area contributed by atoms with Crippen molar-refractivity contribution in [1.82, 2.24) is 35.5 Å². The summed E-state index contributed by atoms with van der Waals surface area (Å²) >= 11 is 0. The molecule has 1 aliphatic rings. The van der Waals surface area contributed by atoms with Crippen molar-refractivity contribution in [2.45, 2.75) is 26.4 Å². The summed E-state index contributed by atoms with van der Waals surface area (Å²) in [7, 11) is 1.52. The lowest BCUT2D eigenvalue weighted by atomic mass is 10.0. The smallest absolute Gasteiger partial charge is 0.292 e. The number of nitrogens with zero attached hydrogens (tertiary/aromatic N) is 5. The molecule has 0 radical (unpaired) electrons. The molecule has 3 heterocycles. The standard InChI is InChI=1S/C30H33N7O6.CH2O2/c1-19(2)26-28-34-27(20-7-5-4-6-8-20)35-37(28)15-16-42-24-17-21(9-10-22(24)41-3)29(39)31-13-14-36(18-25(38)33-26)30(40)23-11-12-32-43-23;2-1-3/h4-12,17,19,26H,13-16,18H2,1-3H3,(H,31,39)(H,33,38);1H,(H,2,3)/t26-;/m1./s1.